The lowest BCUT2D eigenvalue weighted by atomic mass is 10.2. The Hall–Kier alpha value is -2.24. The molecule has 0 bridgehead atoms. The number of ether oxygens (including phenoxy) is 2. The first-order chi connectivity index (χ1) is 11.0. The van der Waals surface area contributed by atoms with Gasteiger partial charge in [0.1, 0.15) is 0 Å². The number of hydrazone groups is 1. The first-order valence-electron chi connectivity index (χ1n) is 6.55. The summed E-state index contributed by atoms with van der Waals surface area (Å²) in [5, 5.41) is 4.76. The second-order valence-corrected chi connectivity index (χ2v) is 5.26. The quantitative estimate of drug-likeness (QED) is 0.658. The molecule has 0 aliphatic carbocycles. The Labute approximate surface area is 143 Å². The molecule has 0 unspecified atom stereocenters. The zero-order valence-corrected chi connectivity index (χ0v) is 14.0. The summed E-state index contributed by atoms with van der Waals surface area (Å²) in [6.45, 7) is 0. The van der Waals surface area contributed by atoms with E-state index in [2.05, 4.69) is 10.5 Å². The maximum atomic E-state index is 12.1. The number of carbonyl (C=O) groups is 1. The highest BCUT2D eigenvalue weighted by Gasteiger charge is 2.09. The van der Waals surface area contributed by atoms with Gasteiger partial charge < -0.3 is 9.47 Å². The summed E-state index contributed by atoms with van der Waals surface area (Å²) in [6.07, 6.45) is 1.47. The molecule has 1 amide bonds. The topological polar surface area (TPSA) is 59.9 Å². The smallest absolute Gasteiger partial charge is 0.271 e. The molecule has 23 heavy (non-hydrogen) atoms. The number of nitrogens with one attached hydrogen (secondary N) is 1. The Morgan fingerprint density at radius 1 is 1.04 bits per heavy atom. The molecule has 0 atom stereocenters. The van der Waals surface area contributed by atoms with E-state index in [9.17, 15) is 4.79 Å². The van der Waals surface area contributed by atoms with E-state index in [-0.39, 0.29) is 5.91 Å². The van der Waals surface area contributed by atoms with E-state index in [1.165, 1.54) is 20.4 Å². The second-order valence-electron chi connectivity index (χ2n) is 4.44. The number of methoxy groups -OCH3 is 2. The van der Waals surface area contributed by atoms with E-state index in [1.807, 2.05) is 0 Å². The van der Waals surface area contributed by atoms with Crippen LogP contribution in [-0.4, -0.2) is 26.3 Å². The van der Waals surface area contributed by atoms with E-state index >= 15 is 0 Å². The van der Waals surface area contributed by atoms with Gasteiger partial charge in [-0.05, 0) is 35.9 Å². The molecule has 120 valence electrons. The summed E-state index contributed by atoms with van der Waals surface area (Å²) in [4.78, 5) is 12.1. The SMILES string of the molecule is COc1ccc(C(=O)NN=Cc2ccc(Cl)c(Cl)c2)cc1OC. The van der Waals surface area contributed by atoms with Crippen molar-refractivity contribution in [2.24, 2.45) is 5.10 Å². The molecule has 2 aromatic rings. The molecule has 5 nitrogen and oxygen atoms in total. The molecule has 0 radical (unpaired) electrons. The third-order valence-electron chi connectivity index (χ3n) is 2.97. The van der Waals surface area contributed by atoms with Gasteiger partial charge in [0.2, 0.25) is 0 Å². The van der Waals surface area contributed by atoms with E-state index in [0.717, 1.165) is 0 Å². The number of hydrogen-bond acceptors (Lipinski definition) is 4. The zero-order chi connectivity index (χ0) is 16.8. The summed E-state index contributed by atoms with van der Waals surface area (Å²) < 4.78 is 10.3. The number of halogens is 2. The maximum absolute atomic E-state index is 12.1. The number of nitrogens with zero attached hydrogens (tertiary/aromatic N) is 1. The Balaban J connectivity index is 2.07. The van der Waals surface area contributed by atoms with Crippen molar-refractivity contribution >= 4 is 35.3 Å². The van der Waals surface area contributed by atoms with Gasteiger partial charge in [-0.1, -0.05) is 29.3 Å². The highest BCUT2D eigenvalue weighted by atomic mass is 35.5. The fourth-order valence-corrected chi connectivity index (χ4v) is 2.11. The number of rotatable bonds is 5. The highest BCUT2D eigenvalue weighted by molar-refractivity contribution is 6.42. The Morgan fingerprint density at radius 2 is 1.78 bits per heavy atom. The van der Waals surface area contributed by atoms with Gasteiger partial charge in [0, 0.05) is 5.56 Å². The van der Waals surface area contributed by atoms with Crippen LogP contribution in [0.3, 0.4) is 0 Å². The van der Waals surface area contributed by atoms with Crippen LogP contribution in [0, 0.1) is 0 Å². The van der Waals surface area contributed by atoms with Crippen LogP contribution in [0.5, 0.6) is 11.5 Å². The fraction of sp³-hybridized carbons (Fsp3) is 0.125. The van der Waals surface area contributed by atoms with E-state index in [1.54, 1.807) is 36.4 Å². The number of benzene rings is 2. The molecule has 0 aliphatic rings. The largest absolute Gasteiger partial charge is 0.493 e. The van der Waals surface area contributed by atoms with Crippen LogP contribution in [0.2, 0.25) is 10.0 Å². The summed E-state index contributed by atoms with van der Waals surface area (Å²) >= 11 is 11.7. The molecule has 0 saturated carbocycles. The monoisotopic (exact) mass is 352 g/mol. The lowest BCUT2D eigenvalue weighted by Gasteiger charge is -2.08. The third-order valence-corrected chi connectivity index (χ3v) is 3.71. The predicted octanol–water partition coefficient (Wildman–Crippen LogP) is 3.77. The molecule has 0 fully saturated rings. The summed E-state index contributed by atoms with van der Waals surface area (Å²) in [5.41, 5.74) is 3.54. The Kier molecular flexibility index (Phi) is 5.84. The molecular weight excluding hydrogens is 339 g/mol. The number of amides is 1. The minimum absolute atomic E-state index is 0.373. The number of hydrogen-bond donors (Lipinski definition) is 1. The van der Waals surface area contributed by atoms with Crippen molar-refractivity contribution in [2.45, 2.75) is 0 Å². The van der Waals surface area contributed by atoms with Gasteiger partial charge in [-0.2, -0.15) is 5.10 Å². The second kappa shape index (κ2) is 7.85. The summed E-state index contributed by atoms with van der Waals surface area (Å²) in [6, 6.07) is 9.88. The van der Waals surface area contributed by atoms with Gasteiger partial charge in [-0.3, -0.25) is 4.79 Å². The molecule has 0 saturated heterocycles. The van der Waals surface area contributed by atoms with Crippen LogP contribution in [0.15, 0.2) is 41.5 Å². The van der Waals surface area contributed by atoms with Crippen LogP contribution in [-0.2, 0) is 0 Å². The van der Waals surface area contributed by atoms with Crippen molar-refractivity contribution in [3.63, 3.8) is 0 Å². The Morgan fingerprint density at radius 3 is 2.43 bits per heavy atom. The molecule has 0 spiro atoms. The first-order valence-corrected chi connectivity index (χ1v) is 7.31. The molecular formula is C16H14Cl2N2O3. The highest BCUT2D eigenvalue weighted by Crippen LogP contribution is 2.27. The van der Waals surface area contributed by atoms with Gasteiger partial charge >= 0.3 is 0 Å². The molecule has 2 rings (SSSR count). The minimum Gasteiger partial charge on any atom is -0.493 e. The van der Waals surface area contributed by atoms with Crippen molar-refractivity contribution in [1.82, 2.24) is 5.43 Å². The standard InChI is InChI=1S/C16H14Cl2N2O3/c1-22-14-6-4-11(8-15(14)23-2)16(21)20-19-9-10-3-5-12(17)13(18)7-10/h3-9H,1-2H3,(H,20,21). The summed E-state index contributed by atoms with van der Waals surface area (Å²) in [7, 11) is 3.03. The molecule has 0 heterocycles. The van der Waals surface area contributed by atoms with E-state index in [0.29, 0.717) is 32.7 Å². The van der Waals surface area contributed by atoms with Gasteiger partial charge in [-0.15, -0.1) is 0 Å². The predicted molar refractivity (Wildman–Crippen MR) is 91.1 cm³/mol. The number of carbonyl (C=O) groups excluding carboxylic acids is 1. The first kappa shape index (κ1) is 17.1. The Bertz CT molecular complexity index is 748. The van der Waals surface area contributed by atoms with Gasteiger partial charge in [0.25, 0.3) is 5.91 Å². The van der Waals surface area contributed by atoms with Crippen molar-refractivity contribution in [3.8, 4) is 11.5 Å². The van der Waals surface area contributed by atoms with Crippen LogP contribution in [0.1, 0.15) is 15.9 Å². The van der Waals surface area contributed by atoms with Crippen molar-refractivity contribution in [3.05, 3.63) is 57.6 Å². The van der Waals surface area contributed by atoms with Gasteiger partial charge in [0.15, 0.2) is 11.5 Å². The normalized spacial score (nSPS) is 10.6. The zero-order valence-electron chi connectivity index (χ0n) is 12.5. The molecule has 1 N–H and O–H groups in total. The lowest BCUT2D eigenvalue weighted by molar-refractivity contribution is 0.0954. The third kappa shape index (κ3) is 4.37. The molecule has 0 aromatic heterocycles. The fourth-order valence-electron chi connectivity index (χ4n) is 1.80. The van der Waals surface area contributed by atoms with Crippen LogP contribution < -0.4 is 14.9 Å². The summed E-state index contributed by atoms with van der Waals surface area (Å²) in [5.74, 6) is 0.638. The van der Waals surface area contributed by atoms with Crippen LogP contribution in [0.4, 0.5) is 0 Å². The van der Waals surface area contributed by atoms with Crippen LogP contribution in [0.25, 0.3) is 0 Å². The van der Waals surface area contributed by atoms with Gasteiger partial charge in [0.05, 0.1) is 30.5 Å². The molecule has 0 aliphatic heterocycles. The lowest BCUT2D eigenvalue weighted by Crippen LogP contribution is -2.17. The average Bonchev–Trinajstić information content (AvgIpc) is 2.57. The minimum atomic E-state index is -0.373. The van der Waals surface area contributed by atoms with Crippen molar-refractivity contribution < 1.29 is 14.3 Å². The van der Waals surface area contributed by atoms with Crippen molar-refractivity contribution in [2.75, 3.05) is 14.2 Å². The molecule has 2 aromatic carbocycles. The maximum Gasteiger partial charge on any atom is 0.271 e. The van der Waals surface area contributed by atoms with Crippen LogP contribution >= 0.6 is 23.2 Å². The van der Waals surface area contributed by atoms with E-state index < -0.39 is 0 Å². The van der Waals surface area contributed by atoms with E-state index in [4.69, 9.17) is 32.7 Å². The average molecular weight is 353 g/mol. The molecule has 7 heteroatoms. The van der Waals surface area contributed by atoms with Gasteiger partial charge in [-0.25, -0.2) is 5.43 Å². The van der Waals surface area contributed by atoms with Crippen molar-refractivity contribution in [1.29, 1.82) is 0 Å².